The topological polar surface area (TPSA) is 63.2 Å². The molecule has 2 heterocycles. The van der Waals surface area contributed by atoms with Gasteiger partial charge in [0.2, 0.25) is 5.91 Å². The second-order valence-electron chi connectivity index (χ2n) is 4.86. The fourth-order valence-corrected chi connectivity index (χ4v) is 2.32. The summed E-state index contributed by atoms with van der Waals surface area (Å²) in [6, 6.07) is 9.57. The Morgan fingerprint density at radius 3 is 3.00 bits per heavy atom. The number of fused-ring (bicyclic) bond motifs is 1. The Balaban J connectivity index is 0.00000121. The molecular formula is C15H19Cl2N3O2. The van der Waals surface area contributed by atoms with Crippen LogP contribution in [0.15, 0.2) is 36.5 Å². The quantitative estimate of drug-likeness (QED) is 0.898. The van der Waals surface area contributed by atoms with Crippen molar-refractivity contribution in [1.82, 2.24) is 10.3 Å². The molecule has 1 fully saturated rings. The molecular weight excluding hydrogens is 325 g/mol. The predicted octanol–water partition coefficient (Wildman–Crippen LogP) is 2.40. The van der Waals surface area contributed by atoms with E-state index in [1.54, 1.807) is 6.20 Å². The minimum absolute atomic E-state index is 0. The van der Waals surface area contributed by atoms with Crippen LogP contribution in [-0.2, 0) is 9.53 Å². The molecule has 1 amide bonds. The lowest BCUT2D eigenvalue weighted by molar-refractivity contribution is -0.119. The van der Waals surface area contributed by atoms with Crippen molar-refractivity contribution in [1.29, 1.82) is 0 Å². The third-order valence-corrected chi connectivity index (χ3v) is 3.30. The van der Waals surface area contributed by atoms with Crippen molar-refractivity contribution in [3.63, 3.8) is 0 Å². The molecule has 0 bridgehead atoms. The highest BCUT2D eigenvalue weighted by molar-refractivity contribution is 5.93. The number of benzene rings is 1. The number of morpholine rings is 1. The Morgan fingerprint density at radius 1 is 1.36 bits per heavy atom. The van der Waals surface area contributed by atoms with Gasteiger partial charge in [-0.1, -0.05) is 6.07 Å². The van der Waals surface area contributed by atoms with E-state index >= 15 is 0 Å². The van der Waals surface area contributed by atoms with Crippen molar-refractivity contribution < 1.29 is 9.53 Å². The van der Waals surface area contributed by atoms with E-state index in [4.69, 9.17) is 4.74 Å². The Labute approximate surface area is 141 Å². The number of anilines is 1. The van der Waals surface area contributed by atoms with Crippen molar-refractivity contribution in [2.75, 3.05) is 25.0 Å². The van der Waals surface area contributed by atoms with Crippen LogP contribution in [-0.4, -0.2) is 36.7 Å². The maximum Gasteiger partial charge on any atom is 0.227 e. The van der Waals surface area contributed by atoms with Gasteiger partial charge in [-0.2, -0.15) is 0 Å². The van der Waals surface area contributed by atoms with Crippen molar-refractivity contribution in [3.8, 4) is 0 Å². The number of carbonyl (C=O) groups excluding carboxylic acids is 1. The molecule has 0 aliphatic carbocycles. The summed E-state index contributed by atoms with van der Waals surface area (Å²) in [7, 11) is 0. The zero-order valence-corrected chi connectivity index (χ0v) is 13.6. The van der Waals surface area contributed by atoms with Crippen molar-refractivity contribution >= 4 is 47.3 Å². The molecule has 120 valence electrons. The number of hydrogen-bond acceptors (Lipinski definition) is 4. The van der Waals surface area contributed by atoms with E-state index in [0.717, 1.165) is 29.7 Å². The normalized spacial score (nSPS) is 17.2. The van der Waals surface area contributed by atoms with Crippen LogP contribution >= 0.6 is 24.8 Å². The Morgan fingerprint density at radius 2 is 2.23 bits per heavy atom. The summed E-state index contributed by atoms with van der Waals surface area (Å²) in [5.74, 6) is -0.0260. The Bertz CT molecular complexity index is 619. The van der Waals surface area contributed by atoms with Crippen molar-refractivity contribution in [2.24, 2.45) is 0 Å². The van der Waals surface area contributed by atoms with Gasteiger partial charge in [-0.3, -0.25) is 9.78 Å². The molecule has 1 aromatic carbocycles. The first kappa shape index (κ1) is 18.6. The average Bonchev–Trinajstić information content (AvgIpc) is 2.48. The summed E-state index contributed by atoms with van der Waals surface area (Å²) in [4.78, 5) is 16.2. The van der Waals surface area contributed by atoms with Crippen LogP contribution in [0.5, 0.6) is 0 Å². The molecule has 1 aromatic heterocycles. The molecule has 5 nitrogen and oxygen atoms in total. The number of nitrogens with zero attached hydrogens (tertiary/aromatic N) is 1. The maximum absolute atomic E-state index is 12.0. The van der Waals surface area contributed by atoms with Crippen LogP contribution in [0.4, 0.5) is 5.69 Å². The first-order chi connectivity index (χ1) is 9.81. The summed E-state index contributed by atoms with van der Waals surface area (Å²) < 4.78 is 5.52. The largest absolute Gasteiger partial charge is 0.375 e. The van der Waals surface area contributed by atoms with Gasteiger partial charge in [0.1, 0.15) is 0 Å². The van der Waals surface area contributed by atoms with Crippen LogP contribution < -0.4 is 10.6 Å². The molecule has 1 unspecified atom stereocenters. The van der Waals surface area contributed by atoms with Crippen LogP contribution in [0.1, 0.15) is 6.42 Å². The van der Waals surface area contributed by atoms with E-state index in [1.165, 1.54) is 0 Å². The number of aromatic nitrogens is 1. The molecule has 0 saturated carbocycles. The van der Waals surface area contributed by atoms with Crippen LogP contribution in [0.2, 0.25) is 0 Å². The summed E-state index contributed by atoms with van der Waals surface area (Å²) in [6.07, 6.45) is 2.09. The number of nitrogens with one attached hydrogen (secondary N) is 2. The second kappa shape index (κ2) is 8.90. The molecule has 0 spiro atoms. The van der Waals surface area contributed by atoms with Gasteiger partial charge in [0.15, 0.2) is 0 Å². The third kappa shape index (κ3) is 4.81. The minimum atomic E-state index is -0.0362. The average molecular weight is 344 g/mol. The maximum atomic E-state index is 12.0. The van der Waals surface area contributed by atoms with Gasteiger partial charge in [0, 0.05) is 30.4 Å². The molecule has 22 heavy (non-hydrogen) atoms. The molecule has 2 aromatic rings. The van der Waals surface area contributed by atoms with Crippen molar-refractivity contribution in [2.45, 2.75) is 12.5 Å². The van der Waals surface area contributed by atoms with Crippen LogP contribution in [0.25, 0.3) is 10.9 Å². The lowest BCUT2D eigenvalue weighted by Crippen LogP contribution is -2.40. The zero-order chi connectivity index (χ0) is 13.8. The molecule has 1 saturated heterocycles. The standard InChI is InChI=1S/C15H17N3O2.2ClH/c19-15(9-13-10-16-6-7-20-13)18-12-3-4-14-11(8-12)2-1-5-17-14;;/h1-5,8,13,16H,6-7,9-10H2,(H,18,19);2*1H. The lowest BCUT2D eigenvalue weighted by Gasteiger charge is -2.23. The summed E-state index contributed by atoms with van der Waals surface area (Å²) in [6.45, 7) is 2.25. The fraction of sp³-hybridized carbons (Fsp3) is 0.333. The summed E-state index contributed by atoms with van der Waals surface area (Å²) >= 11 is 0. The summed E-state index contributed by atoms with van der Waals surface area (Å²) in [5, 5.41) is 7.14. The van der Waals surface area contributed by atoms with Gasteiger partial charge in [-0.25, -0.2) is 0 Å². The SMILES string of the molecule is Cl.Cl.O=C(CC1CNCCO1)Nc1ccc2ncccc2c1. The molecule has 1 atom stereocenters. The van der Waals surface area contributed by atoms with E-state index < -0.39 is 0 Å². The van der Waals surface area contributed by atoms with Gasteiger partial charge in [-0.15, -0.1) is 24.8 Å². The number of halogens is 2. The fourth-order valence-electron chi connectivity index (χ4n) is 2.32. The third-order valence-electron chi connectivity index (χ3n) is 3.30. The van der Waals surface area contributed by atoms with Gasteiger partial charge < -0.3 is 15.4 Å². The molecule has 0 radical (unpaired) electrons. The van der Waals surface area contributed by atoms with E-state index in [9.17, 15) is 4.79 Å². The molecule has 3 rings (SSSR count). The number of pyridine rings is 1. The Hall–Kier alpha value is -1.40. The summed E-state index contributed by atoms with van der Waals surface area (Å²) in [5.41, 5.74) is 1.71. The van der Waals surface area contributed by atoms with Gasteiger partial charge in [0.25, 0.3) is 0 Å². The minimum Gasteiger partial charge on any atom is -0.375 e. The number of hydrogen-bond donors (Lipinski definition) is 2. The van der Waals surface area contributed by atoms with E-state index in [1.807, 2.05) is 30.3 Å². The lowest BCUT2D eigenvalue weighted by atomic mass is 10.2. The van der Waals surface area contributed by atoms with E-state index in [2.05, 4.69) is 15.6 Å². The van der Waals surface area contributed by atoms with Gasteiger partial charge >= 0.3 is 0 Å². The number of rotatable bonds is 3. The van der Waals surface area contributed by atoms with Crippen molar-refractivity contribution in [3.05, 3.63) is 36.5 Å². The number of carbonyl (C=O) groups is 1. The Kier molecular flexibility index (Phi) is 7.55. The van der Waals surface area contributed by atoms with E-state index in [-0.39, 0.29) is 36.8 Å². The predicted molar refractivity (Wildman–Crippen MR) is 92.1 cm³/mol. The van der Waals surface area contributed by atoms with Crippen LogP contribution in [0, 0.1) is 0 Å². The second-order valence-corrected chi connectivity index (χ2v) is 4.86. The first-order valence-electron chi connectivity index (χ1n) is 6.78. The molecule has 7 heteroatoms. The molecule has 1 aliphatic heterocycles. The number of ether oxygens (including phenoxy) is 1. The highest BCUT2D eigenvalue weighted by Crippen LogP contribution is 2.17. The molecule has 1 aliphatic rings. The zero-order valence-electron chi connectivity index (χ0n) is 12.0. The van der Waals surface area contributed by atoms with E-state index in [0.29, 0.717) is 13.0 Å². The highest BCUT2D eigenvalue weighted by atomic mass is 35.5. The molecule has 2 N–H and O–H groups in total. The van der Waals surface area contributed by atoms with Crippen LogP contribution in [0.3, 0.4) is 0 Å². The first-order valence-corrected chi connectivity index (χ1v) is 6.78. The van der Waals surface area contributed by atoms with Gasteiger partial charge in [-0.05, 0) is 24.3 Å². The van der Waals surface area contributed by atoms with Gasteiger partial charge in [0.05, 0.1) is 24.6 Å². The monoisotopic (exact) mass is 343 g/mol. The smallest absolute Gasteiger partial charge is 0.227 e. The highest BCUT2D eigenvalue weighted by Gasteiger charge is 2.17. The number of amides is 1.